The Morgan fingerprint density at radius 1 is 1.25 bits per heavy atom. The molecule has 16 heavy (non-hydrogen) atoms. The van der Waals surface area contributed by atoms with E-state index in [4.69, 9.17) is 9.47 Å². The lowest BCUT2D eigenvalue weighted by Gasteiger charge is -2.19. The van der Waals surface area contributed by atoms with Gasteiger partial charge in [-0.1, -0.05) is 0 Å². The highest BCUT2D eigenvalue weighted by Crippen LogP contribution is 2.29. The van der Waals surface area contributed by atoms with Crippen LogP contribution in [-0.2, 0) is 0 Å². The summed E-state index contributed by atoms with van der Waals surface area (Å²) in [6.45, 7) is 0.558. The fraction of sp³-hybridized carbons (Fsp3) is 0.500. The van der Waals surface area contributed by atoms with Crippen LogP contribution in [0.2, 0.25) is 0 Å². The highest BCUT2D eigenvalue weighted by molar-refractivity contribution is 5.42. The van der Waals surface area contributed by atoms with Gasteiger partial charge in [-0.05, 0) is 26.2 Å². The molecule has 0 amide bonds. The summed E-state index contributed by atoms with van der Waals surface area (Å²) in [4.78, 5) is 1.92. The van der Waals surface area contributed by atoms with Gasteiger partial charge in [0.2, 0.25) is 0 Å². The molecule has 4 nitrogen and oxygen atoms in total. The standard InChI is InChI=1S/C12H19NO3/c1-13(2)8-11(14)10-6-5-9(15-3)7-12(10)16-4/h5-7,11,14H,8H2,1-4H3. The first kappa shape index (κ1) is 12.8. The number of hydrogen-bond acceptors (Lipinski definition) is 4. The zero-order valence-corrected chi connectivity index (χ0v) is 10.2. The molecule has 4 heteroatoms. The van der Waals surface area contributed by atoms with Gasteiger partial charge in [-0.2, -0.15) is 0 Å². The Balaban J connectivity index is 2.94. The van der Waals surface area contributed by atoms with Crippen molar-refractivity contribution in [2.75, 3.05) is 34.9 Å². The monoisotopic (exact) mass is 225 g/mol. The lowest BCUT2D eigenvalue weighted by atomic mass is 10.1. The highest BCUT2D eigenvalue weighted by Gasteiger charge is 2.14. The number of aliphatic hydroxyl groups excluding tert-OH is 1. The smallest absolute Gasteiger partial charge is 0.128 e. The van der Waals surface area contributed by atoms with Gasteiger partial charge in [-0.15, -0.1) is 0 Å². The Bertz CT molecular complexity index is 339. The van der Waals surface area contributed by atoms with E-state index in [0.29, 0.717) is 12.3 Å². The minimum absolute atomic E-state index is 0.558. The third kappa shape index (κ3) is 3.12. The zero-order chi connectivity index (χ0) is 12.1. The summed E-state index contributed by atoms with van der Waals surface area (Å²) in [6.07, 6.45) is -0.559. The van der Waals surface area contributed by atoms with E-state index in [1.807, 2.05) is 31.1 Å². The molecular weight excluding hydrogens is 206 g/mol. The zero-order valence-electron chi connectivity index (χ0n) is 10.2. The van der Waals surface area contributed by atoms with Crippen molar-refractivity contribution in [3.05, 3.63) is 23.8 Å². The van der Waals surface area contributed by atoms with Crippen LogP contribution in [0, 0.1) is 0 Å². The van der Waals surface area contributed by atoms with Crippen LogP contribution in [0.15, 0.2) is 18.2 Å². The summed E-state index contributed by atoms with van der Waals surface area (Å²) in [7, 11) is 7.02. The maximum atomic E-state index is 10.0. The van der Waals surface area contributed by atoms with Crippen molar-refractivity contribution in [2.24, 2.45) is 0 Å². The first-order valence-corrected chi connectivity index (χ1v) is 5.13. The molecule has 90 valence electrons. The van der Waals surface area contributed by atoms with Crippen molar-refractivity contribution in [3.63, 3.8) is 0 Å². The number of nitrogens with zero attached hydrogens (tertiary/aromatic N) is 1. The quantitative estimate of drug-likeness (QED) is 0.820. The molecule has 0 spiro atoms. The van der Waals surface area contributed by atoms with Crippen molar-refractivity contribution in [2.45, 2.75) is 6.10 Å². The lowest BCUT2D eigenvalue weighted by Crippen LogP contribution is -2.20. The predicted molar refractivity (Wildman–Crippen MR) is 63.1 cm³/mol. The van der Waals surface area contributed by atoms with Crippen molar-refractivity contribution in [3.8, 4) is 11.5 Å². The predicted octanol–water partition coefficient (Wildman–Crippen LogP) is 1.30. The molecule has 0 saturated carbocycles. The molecule has 0 fully saturated rings. The van der Waals surface area contributed by atoms with Crippen molar-refractivity contribution in [1.82, 2.24) is 4.90 Å². The number of methoxy groups -OCH3 is 2. The molecule has 0 heterocycles. The molecule has 0 saturated heterocycles. The van der Waals surface area contributed by atoms with Gasteiger partial charge in [-0.3, -0.25) is 0 Å². The SMILES string of the molecule is COc1ccc(C(O)CN(C)C)c(OC)c1. The van der Waals surface area contributed by atoms with Crippen LogP contribution in [0.3, 0.4) is 0 Å². The molecule has 0 aromatic heterocycles. The number of benzene rings is 1. The molecule has 0 radical (unpaired) electrons. The summed E-state index contributed by atoms with van der Waals surface area (Å²) in [5, 5.41) is 10.0. The summed E-state index contributed by atoms with van der Waals surface area (Å²) in [5.74, 6) is 1.37. The minimum Gasteiger partial charge on any atom is -0.497 e. The van der Waals surface area contributed by atoms with Crippen LogP contribution in [-0.4, -0.2) is 44.9 Å². The first-order valence-electron chi connectivity index (χ1n) is 5.13. The molecule has 0 aliphatic heterocycles. The second-order valence-corrected chi connectivity index (χ2v) is 3.89. The van der Waals surface area contributed by atoms with E-state index in [1.165, 1.54) is 0 Å². The maximum Gasteiger partial charge on any atom is 0.128 e. The second-order valence-electron chi connectivity index (χ2n) is 3.89. The third-order valence-corrected chi connectivity index (χ3v) is 2.34. The number of aliphatic hydroxyl groups is 1. The van der Waals surface area contributed by atoms with Crippen LogP contribution in [0.5, 0.6) is 11.5 Å². The minimum atomic E-state index is -0.559. The molecular formula is C12H19NO3. The van der Waals surface area contributed by atoms with Gasteiger partial charge in [0, 0.05) is 18.2 Å². The third-order valence-electron chi connectivity index (χ3n) is 2.34. The van der Waals surface area contributed by atoms with Crippen LogP contribution < -0.4 is 9.47 Å². The molecule has 1 aromatic rings. The molecule has 0 bridgehead atoms. The molecule has 0 aliphatic carbocycles. The number of ether oxygens (including phenoxy) is 2. The van der Waals surface area contributed by atoms with Crippen LogP contribution >= 0.6 is 0 Å². The van der Waals surface area contributed by atoms with Gasteiger partial charge in [-0.25, -0.2) is 0 Å². The normalized spacial score (nSPS) is 12.6. The van der Waals surface area contributed by atoms with Crippen molar-refractivity contribution < 1.29 is 14.6 Å². The average Bonchev–Trinajstić information content (AvgIpc) is 2.27. The Hall–Kier alpha value is -1.26. The second kappa shape index (κ2) is 5.72. The summed E-state index contributed by atoms with van der Waals surface area (Å²) < 4.78 is 10.3. The Kier molecular flexibility index (Phi) is 4.58. The number of rotatable bonds is 5. The summed E-state index contributed by atoms with van der Waals surface area (Å²) in [5.41, 5.74) is 0.775. The Labute approximate surface area is 96.4 Å². The van der Waals surface area contributed by atoms with E-state index in [9.17, 15) is 5.11 Å². The summed E-state index contributed by atoms with van der Waals surface area (Å²) >= 11 is 0. The van der Waals surface area contributed by atoms with Gasteiger partial charge in [0.1, 0.15) is 11.5 Å². The van der Waals surface area contributed by atoms with Gasteiger partial charge in [0.25, 0.3) is 0 Å². The van der Waals surface area contributed by atoms with Crippen molar-refractivity contribution in [1.29, 1.82) is 0 Å². The molecule has 1 N–H and O–H groups in total. The van der Waals surface area contributed by atoms with Gasteiger partial charge >= 0.3 is 0 Å². The molecule has 1 atom stereocenters. The van der Waals surface area contributed by atoms with Crippen LogP contribution in [0.25, 0.3) is 0 Å². The molecule has 1 aromatic carbocycles. The van der Waals surface area contributed by atoms with E-state index in [2.05, 4.69) is 0 Å². The van der Waals surface area contributed by atoms with Gasteiger partial charge in [0.05, 0.1) is 20.3 Å². The van der Waals surface area contributed by atoms with E-state index in [0.717, 1.165) is 11.3 Å². The van der Waals surface area contributed by atoms with Crippen LogP contribution in [0.1, 0.15) is 11.7 Å². The number of likely N-dealkylation sites (N-methyl/N-ethyl adjacent to an activating group) is 1. The lowest BCUT2D eigenvalue weighted by molar-refractivity contribution is 0.135. The largest absolute Gasteiger partial charge is 0.497 e. The fourth-order valence-electron chi connectivity index (χ4n) is 1.54. The topological polar surface area (TPSA) is 41.9 Å². The van der Waals surface area contributed by atoms with E-state index < -0.39 is 6.10 Å². The average molecular weight is 225 g/mol. The maximum absolute atomic E-state index is 10.0. The summed E-state index contributed by atoms with van der Waals surface area (Å²) in [6, 6.07) is 5.41. The van der Waals surface area contributed by atoms with Gasteiger partial charge in [0.15, 0.2) is 0 Å². The first-order chi connectivity index (χ1) is 7.58. The molecule has 0 aliphatic rings. The molecule has 1 rings (SSSR count). The van der Waals surface area contributed by atoms with E-state index >= 15 is 0 Å². The molecule has 1 unspecified atom stereocenters. The fourth-order valence-corrected chi connectivity index (χ4v) is 1.54. The van der Waals surface area contributed by atoms with E-state index in [-0.39, 0.29) is 0 Å². The number of hydrogen-bond donors (Lipinski definition) is 1. The highest BCUT2D eigenvalue weighted by atomic mass is 16.5. The van der Waals surface area contributed by atoms with Crippen LogP contribution in [0.4, 0.5) is 0 Å². The van der Waals surface area contributed by atoms with Crippen molar-refractivity contribution >= 4 is 0 Å². The van der Waals surface area contributed by atoms with Gasteiger partial charge < -0.3 is 19.5 Å². The van der Waals surface area contributed by atoms with E-state index in [1.54, 1.807) is 20.3 Å². The Morgan fingerprint density at radius 2 is 1.94 bits per heavy atom. The Morgan fingerprint density at radius 3 is 2.44 bits per heavy atom.